The first-order valence-electron chi connectivity index (χ1n) is 9.29. The monoisotopic (exact) mass is 365 g/mol. The summed E-state index contributed by atoms with van der Waals surface area (Å²) in [6, 6.07) is 11.4. The highest BCUT2D eigenvalue weighted by Crippen LogP contribution is 2.22. The van der Waals surface area contributed by atoms with Gasteiger partial charge in [-0.05, 0) is 30.7 Å². The van der Waals surface area contributed by atoms with E-state index in [9.17, 15) is 9.59 Å². The number of amides is 1. The number of para-hydroxylation sites is 2. The number of imidazole rings is 1. The first kappa shape index (κ1) is 17.5. The van der Waals surface area contributed by atoms with Crippen LogP contribution in [0.1, 0.15) is 18.5 Å². The Balaban J connectivity index is 1.67. The van der Waals surface area contributed by atoms with Crippen LogP contribution in [-0.2, 0) is 17.9 Å². The van der Waals surface area contributed by atoms with E-state index >= 15 is 0 Å². The van der Waals surface area contributed by atoms with Gasteiger partial charge in [0.25, 0.3) is 0 Å². The van der Waals surface area contributed by atoms with Crippen molar-refractivity contribution in [2.75, 3.05) is 19.6 Å². The normalized spacial score (nSPS) is 17.4. The molecule has 4 rings (SSSR count). The van der Waals surface area contributed by atoms with Crippen molar-refractivity contribution in [1.82, 2.24) is 24.3 Å². The fourth-order valence-electron chi connectivity index (χ4n) is 3.83. The van der Waals surface area contributed by atoms with Crippen LogP contribution in [0.25, 0.3) is 11.0 Å². The van der Waals surface area contributed by atoms with Crippen molar-refractivity contribution < 1.29 is 4.79 Å². The molecule has 3 aromatic rings. The molecule has 7 heteroatoms. The van der Waals surface area contributed by atoms with Crippen LogP contribution in [0.5, 0.6) is 0 Å². The second-order valence-electron chi connectivity index (χ2n) is 6.70. The first-order valence-corrected chi connectivity index (χ1v) is 9.29. The fraction of sp³-hybridized carbons (Fsp3) is 0.350. The molecule has 0 spiro atoms. The predicted octanol–water partition coefficient (Wildman–Crippen LogP) is 1.39. The Hall–Kier alpha value is -2.93. The number of rotatable bonds is 4. The third-order valence-corrected chi connectivity index (χ3v) is 5.17. The average molecular weight is 365 g/mol. The second kappa shape index (κ2) is 7.36. The lowest BCUT2D eigenvalue weighted by Gasteiger charge is -2.36. The van der Waals surface area contributed by atoms with Crippen LogP contribution < -0.4 is 11.0 Å². The van der Waals surface area contributed by atoms with Gasteiger partial charge in [-0.25, -0.2) is 4.79 Å². The molecule has 1 atom stereocenters. The third kappa shape index (κ3) is 3.14. The summed E-state index contributed by atoms with van der Waals surface area (Å²) in [7, 11) is 0. The molecule has 1 aromatic carbocycles. The SMILES string of the molecule is CCn1c(=O)n(CC(=O)N2CCNCC2c2cccnc2)c2ccccc21. The highest BCUT2D eigenvalue weighted by molar-refractivity contribution is 5.81. The first-order chi connectivity index (χ1) is 13.2. The van der Waals surface area contributed by atoms with Gasteiger partial charge < -0.3 is 10.2 Å². The highest BCUT2D eigenvalue weighted by Gasteiger charge is 2.29. The number of piperazine rings is 1. The summed E-state index contributed by atoms with van der Waals surface area (Å²) < 4.78 is 3.29. The number of carbonyl (C=O) groups excluding carboxylic acids is 1. The number of aromatic nitrogens is 3. The molecule has 1 aliphatic rings. The molecule has 0 radical (unpaired) electrons. The molecule has 1 unspecified atom stereocenters. The van der Waals surface area contributed by atoms with Crippen LogP contribution in [0.4, 0.5) is 0 Å². The summed E-state index contributed by atoms with van der Waals surface area (Å²) in [4.78, 5) is 32.0. The predicted molar refractivity (Wildman–Crippen MR) is 103 cm³/mol. The Kier molecular flexibility index (Phi) is 4.77. The van der Waals surface area contributed by atoms with Crippen LogP contribution in [0, 0.1) is 0 Å². The Morgan fingerprint density at radius 1 is 1.19 bits per heavy atom. The lowest BCUT2D eigenvalue weighted by molar-refractivity contribution is -0.135. The Morgan fingerprint density at radius 2 is 1.96 bits per heavy atom. The topological polar surface area (TPSA) is 72.2 Å². The lowest BCUT2D eigenvalue weighted by Crippen LogP contribution is -2.50. The van der Waals surface area contributed by atoms with Gasteiger partial charge in [-0.1, -0.05) is 18.2 Å². The molecule has 1 aliphatic heterocycles. The number of carbonyl (C=O) groups is 1. The van der Waals surface area contributed by atoms with Crippen LogP contribution in [0.15, 0.2) is 53.6 Å². The Bertz CT molecular complexity index is 1010. The van der Waals surface area contributed by atoms with Crippen LogP contribution >= 0.6 is 0 Å². The van der Waals surface area contributed by atoms with Crippen molar-refractivity contribution in [1.29, 1.82) is 0 Å². The number of nitrogens with one attached hydrogen (secondary N) is 1. The van der Waals surface area contributed by atoms with E-state index in [1.165, 1.54) is 0 Å². The third-order valence-electron chi connectivity index (χ3n) is 5.17. The fourth-order valence-corrected chi connectivity index (χ4v) is 3.83. The highest BCUT2D eigenvalue weighted by atomic mass is 16.2. The van der Waals surface area contributed by atoms with Crippen molar-refractivity contribution in [3.63, 3.8) is 0 Å². The molecule has 0 aliphatic carbocycles. The van der Waals surface area contributed by atoms with E-state index in [-0.39, 0.29) is 24.2 Å². The number of benzene rings is 1. The van der Waals surface area contributed by atoms with Crippen molar-refractivity contribution >= 4 is 16.9 Å². The Morgan fingerprint density at radius 3 is 2.67 bits per heavy atom. The van der Waals surface area contributed by atoms with Gasteiger partial charge in [0.05, 0.1) is 17.1 Å². The molecule has 7 nitrogen and oxygen atoms in total. The van der Waals surface area contributed by atoms with E-state index in [1.54, 1.807) is 21.5 Å². The molecule has 27 heavy (non-hydrogen) atoms. The largest absolute Gasteiger partial charge is 0.331 e. The Labute approximate surface area is 157 Å². The number of aryl methyl sites for hydroxylation is 1. The van der Waals surface area contributed by atoms with Gasteiger partial charge >= 0.3 is 5.69 Å². The van der Waals surface area contributed by atoms with Gasteiger partial charge in [-0.15, -0.1) is 0 Å². The van der Waals surface area contributed by atoms with Crippen molar-refractivity contribution in [3.05, 3.63) is 64.8 Å². The van der Waals surface area contributed by atoms with Crippen LogP contribution in [0.2, 0.25) is 0 Å². The second-order valence-corrected chi connectivity index (χ2v) is 6.70. The van der Waals surface area contributed by atoms with Crippen LogP contribution in [0.3, 0.4) is 0 Å². The lowest BCUT2D eigenvalue weighted by atomic mass is 10.1. The molecular weight excluding hydrogens is 342 g/mol. The maximum absolute atomic E-state index is 13.2. The van der Waals surface area contributed by atoms with E-state index in [0.29, 0.717) is 19.6 Å². The molecular formula is C20H23N5O2. The molecule has 0 saturated carbocycles. The molecule has 0 bridgehead atoms. The van der Waals surface area contributed by atoms with Crippen molar-refractivity contribution in [3.8, 4) is 0 Å². The zero-order chi connectivity index (χ0) is 18.8. The minimum atomic E-state index is -0.139. The number of nitrogens with zero attached hydrogens (tertiary/aromatic N) is 4. The summed E-state index contributed by atoms with van der Waals surface area (Å²) in [5.74, 6) is -0.0496. The van der Waals surface area contributed by atoms with Crippen LogP contribution in [-0.4, -0.2) is 44.6 Å². The van der Waals surface area contributed by atoms with E-state index in [0.717, 1.165) is 23.1 Å². The average Bonchev–Trinajstić information content (AvgIpc) is 2.99. The molecule has 1 fully saturated rings. The summed E-state index contributed by atoms with van der Waals surface area (Å²) in [6.07, 6.45) is 3.53. The maximum Gasteiger partial charge on any atom is 0.329 e. The van der Waals surface area contributed by atoms with E-state index in [1.807, 2.05) is 48.2 Å². The van der Waals surface area contributed by atoms with Gasteiger partial charge in [0.1, 0.15) is 6.54 Å². The number of pyridine rings is 1. The summed E-state index contributed by atoms with van der Waals surface area (Å²) in [6.45, 7) is 4.60. The number of hydrogen-bond donors (Lipinski definition) is 1. The standard InChI is InChI=1S/C20H23N5O2/c1-2-23-16-7-3-4-8-17(16)25(20(23)27)14-19(26)24-11-10-22-13-18(24)15-6-5-9-21-12-15/h3-9,12,18,22H,2,10-11,13-14H2,1H3. The van der Waals surface area contributed by atoms with Crippen molar-refractivity contribution in [2.45, 2.75) is 26.1 Å². The molecule has 2 aromatic heterocycles. The molecule has 1 N–H and O–H groups in total. The van der Waals surface area contributed by atoms with E-state index in [2.05, 4.69) is 10.3 Å². The van der Waals surface area contributed by atoms with Gasteiger partial charge in [-0.2, -0.15) is 0 Å². The number of hydrogen-bond acceptors (Lipinski definition) is 4. The summed E-state index contributed by atoms with van der Waals surface area (Å²) in [5.41, 5.74) is 2.52. The molecule has 1 amide bonds. The molecule has 3 heterocycles. The van der Waals surface area contributed by atoms with Gasteiger partial charge in [0, 0.05) is 38.6 Å². The number of fused-ring (bicyclic) bond motifs is 1. The zero-order valence-corrected chi connectivity index (χ0v) is 15.3. The van der Waals surface area contributed by atoms with Gasteiger partial charge in [0.15, 0.2) is 0 Å². The molecule has 1 saturated heterocycles. The maximum atomic E-state index is 13.2. The quantitative estimate of drug-likeness (QED) is 0.758. The van der Waals surface area contributed by atoms with E-state index < -0.39 is 0 Å². The minimum absolute atomic E-state index is 0.0448. The smallest absolute Gasteiger partial charge is 0.329 e. The zero-order valence-electron chi connectivity index (χ0n) is 15.3. The van der Waals surface area contributed by atoms with Gasteiger partial charge in [-0.3, -0.25) is 18.9 Å². The summed E-state index contributed by atoms with van der Waals surface area (Å²) in [5, 5.41) is 3.34. The van der Waals surface area contributed by atoms with Crippen molar-refractivity contribution in [2.24, 2.45) is 0 Å². The summed E-state index contributed by atoms with van der Waals surface area (Å²) >= 11 is 0. The van der Waals surface area contributed by atoms with E-state index in [4.69, 9.17) is 0 Å². The minimum Gasteiger partial charge on any atom is -0.331 e. The molecule has 140 valence electrons. The van der Waals surface area contributed by atoms with Gasteiger partial charge in [0.2, 0.25) is 5.91 Å².